The number of ketones is 1. The Hall–Kier alpha value is -1.92. The Bertz CT molecular complexity index is 911. The van der Waals surface area contributed by atoms with Crippen LogP contribution in [0.1, 0.15) is 57.1 Å². The summed E-state index contributed by atoms with van der Waals surface area (Å²) in [5.41, 5.74) is 0.616. The van der Waals surface area contributed by atoms with Gasteiger partial charge in [0.1, 0.15) is 5.75 Å². The third kappa shape index (κ3) is 3.21. The van der Waals surface area contributed by atoms with Crippen LogP contribution in [0.4, 0.5) is 0 Å². The third-order valence-corrected chi connectivity index (χ3v) is 8.30. The molecule has 0 spiro atoms. The number of piperidine rings is 1. The first-order valence-corrected chi connectivity index (χ1v) is 11.7. The normalized spacial score (nSPS) is 34.8. The molecule has 5 rings (SSSR count). The summed E-state index contributed by atoms with van der Waals surface area (Å²) in [6, 6.07) is 5.47. The van der Waals surface area contributed by atoms with E-state index in [1.165, 1.54) is 18.4 Å². The molecule has 1 aliphatic heterocycles. The highest BCUT2D eigenvalue weighted by Gasteiger charge is 2.66. The summed E-state index contributed by atoms with van der Waals surface area (Å²) in [6.45, 7) is 5.57. The van der Waals surface area contributed by atoms with Crippen LogP contribution in [0.3, 0.4) is 0 Å². The van der Waals surface area contributed by atoms with E-state index in [1.54, 1.807) is 7.11 Å². The molecule has 3 fully saturated rings. The van der Waals surface area contributed by atoms with E-state index >= 15 is 0 Å². The Morgan fingerprint density at radius 1 is 1.35 bits per heavy atom. The van der Waals surface area contributed by atoms with Gasteiger partial charge in [-0.05, 0) is 61.4 Å². The predicted molar refractivity (Wildman–Crippen MR) is 117 cm³/mol. The molecule has 1 amide bonds. The molecule has 2 N–H and O–H groups in total. The van der Waals surface area contributed by atoms with Gasteiger partial charge in [0.25, 0.3) is 0 Å². The van der Waals surface area contributed by atoms with Gasteiger partial charge in [-0.15, -0.1) is 0 Å². The van der Waals surface area contributed by atoms with Crippen LogP contribution in [0.5, 0.6) is 5.75 Å². The molecule has 4 aliphatic rings. The van der Waals surface area contributed by atoms with Crippen molar-refractivity contribution in [3.63, 3.8) is 0 Å². The Morgan fingerprint density at radius 3 is 2.81 bits per heavy atom. The molecular weight excluding hydrogens is 392 g/mol. The number of amides is 1. The molecule has 2 bridgehead atoms. The highest BCUT2D eigenvalue weighted by Crippen LogP contribution is 2.58. The molecule has 168 valence electrons. The molecule has 1 aromatic rings. The van der Waals surface area contributed by atoms with Crippen LogP contribution in [0.25, 0.3) is 0 Å². The van der Waals surface area contributed by atoms with Gasteiger partial charge in [-0.1, -0.05) is 19.9 Å². The lowest BCUT2D eigenvalue weighted by Gasteiger charge is -2.64. The molecule has 0 radical (unpaired) electrons. The molecule has 1 heterocycles. The number of likely N-dealkylation sites (tertiary alicyclic amines) is 1. The van der Waals surface area contributed by atoms with Crippen LogP contribution >= 0.6 is 0 Å². The highest BCUT2D eigenvalue weighted by atomic mass is 16.5. The van der Waals surface area contributed by atoms with E-state index in [4.69, 9.17) is 4.74 Å². The van der Waals surface area contributed by atoms with Gasteiger partial charge < -0.3 is 15.2 Å². The summed E-state index contributed by atoms with van der Waals surface area (Å²) >= 11 is 0. The molecule has 2 saturated carbocycles. The summed E-state index contributed by atoms with van der Waals surface area (Å²) in [4.78, 5) is 28.2. The molecule has 1 saturated heterocycles. The number of nitrogens with one attached hydrogen (secondary N) is 1. The molecule has 4 atom stereocenters. The quantitative estimate of drug-likeness (QED) is 0.755. The zero-order chi connectivity index (χ0) is 22.0. The Morgan fingerprint density at radius 2 is 2.13 bits per heavy atom. The summed E-state index contributed by atoms with van der Waals surface area (Å²) in [5.74, 6) is 1.20. The third-order valence-electron chi connectivity index (χ3n) is 8.30. The molecule has 0 aromatic heterocycles. The summed E-state index contributed by atoms with van der Waals surface area (Å²) in [7, 11) is 1.65. The van der Waals surface area contributed by atoms with Crippen molar-refractivity contribution in [2.75, 3.05) is 20.2 Å². The van der Waals surface area contributed by atoms with Gasteiger partial charge in [0.05, 0.1) is 18.8 Å². The fourth-order valence-corrected chi connectivity index (χ4v) is 6.34. The molecule has 1 aromatic carbocycles. The number of hydrogen-bond acceptors (Lipinski definition) is 5. The van der Waals surface area contributed by atoms with Gasteiger partial charge in [0.15, 0.2) is 5.78 Å². The van der Waals surface area contributed by atoms with Gasteiger partial charge in [-0.2, -0.15) is 0 Å². The first kappa shape index (κ1) is 21.0. The second-order valence-electron chi connectivity index (χ2n) is 10.5. The zero-order valence-electron chi connectivity index (χ0n) is 18.8. The van der Waals surface area contributed by atoms with E-state index in [2.05, 4.69) is 16.3 Å². The Kier molecular flexibility index (Phi) is 4.94. The fraction of sp³-hybridized carbons (Fsp3) is 0.680. The maximum atomic E-state index is 13.3. The van der Waals surface area contributed by atoms with Crippen molar-refractivity contribution in [1.82, 2.24) is 10.2 Å². The van der Waals surface area contributed by atoms with Crippen LogP contribution in [0, 0.1) is 11.8 Å². The van der Waals surface area contributed by atoms with Crippen LogP contribution in [-0.2, 0) is 21.4 Å². The number of ether oxygens (including phenoxy) is 1. The van der Waals surface area contributed by atoms with Gasteiger partial charge in [-0.3, -0.25) is 14.5 Å². The number of benzene rings is 1. The molecule has 6 nitrogen and oxygen atoms in total. The first-order valence-electron chi connectivity index (χ1n) is 11.7. The number of fused-ring (bicyclic) bond motifs is 1. The van der Waals surface area contributed by atoms with Crippen LogP contribution < -0.4 is 10.1 Å². The van der Waals surface area contributed by atoms with Crippen LogP contribution in [0.2, 0.25) is 0 Å². The fourth-order valence-electron chi connectivity index (χ4n) is 6.34. The zero-order valence-corrected chi connectivity index (χ0v) is 18.8. The average molecular weight is 427 g/mol. The number of carbonyl (C=O) groups is 2. The van der Waals surface area contributed by atoms with Gasteiger partial charge in [0, 0.05) is 36.8 Å². The van der Waals surface area contributed by atoms with Gasteiger partial charge >= 0.3 is 0 Å². The summed E-state index contributed by atoms with van der Waals surface area (Å²) in [5, 5.41) is 15.4. The van der Waals surface area contributed by atoms with Crippen molar-refractivity contribution in [2.24, 2.45) is 11.8 Å². The number of Topliss-reactive ketones (excluding diaryl/α,β-unsaturated/α-hetero) is 1. The molecule has 3 aliphatic carbocycles. The van der Waals surface area contributed by atoms with Crippen LogP contribution in [-0.4, -0.2) is 59.6 Å². The molecule has 4 unspecified atom stereocenters. The van der Waals surface area contributed by atoms with Crippen molar-refractivity contribution in [2.45, 2.75) is 75.5 Å². The van der Waals surface area contributed by atoms with E-state index in [0.29, 0.717) is 0 Å². The monoisotopic (exact) mass is 426 g/mol. The number of hydrogen-bond donors (Lipinski definition) is 2. The van der Waals surface area contributed by atoms with Crippen LogP contribution in [0.15, 0.2) is 18.2 Å². The van der Waals surface area contributed by atoms with E-state index in [-0.39, 0.29) is 36.5 Å². The van der Waals surface area contributed by atoms with Crippen molar-refractivity contribution in [3.05, 3.63) is 29.3 Å². The van der Waals surface area contributed by atoms with E-state index in [0.717, 1.165) is 43.2 Å². The standard InChI is InChI=1S/C25H34N2O4/c1-15(2)23(29)26-20-12-25(30)22-10-17-6-7-18(31-3)11-19(17)24(25,13-21(20)28)8-9-27(22)14-16-4-5-16/h6-7,11,15-16,20,22,30H,4-5,8-10,12-14H2,1-3H3,(H,26,29). The maximum absolute atomic E-state index is 13.3. The lowest BCUT2D eigenvalue weighted by Crippen LogP contribution is -2.76. The largest absolute Gasteiger partial charge is 0.497 e. The van der Waals surface area contributed by atoms with E-state index in [1.807, 2.05) is 26.0 Å². The minimum atomic E-state index is -1.05. The van der Waals surface area contributed by atoms with E-state index < -0.39 is 17.1 Å². The minimum absolute atomic E-state index is 0.0312. The average Bonchev–Trinajstić information content (AvgIpc) is 3.55. The first-order chi connectivity index (χ1) is 14.8. The number of carbonyl (C=O) groups excluding carboxylic acids is 2. The molecule has 31 heavy (non-hydrogen) atoms. The molecule has 6 heteroatoms. The van der Waals surface area contributed by atoms with Crippen molar-refractivity contribution in [1.29, 1.82) is 0 Å². The smallest absolute Gasteiger partial charge is 0.223 e. The number of rotatable bonds is 5. The Labute approximate surface area is 184 Å². The van der Waals surface area contributed by atoms with Crippen molar-refractivity contribution in [3.8, 4) is 5.75 Å². The van der Waals surface area contributed by atoms with Crippen molar-refractivity contribution < 1.29 is 19.4 Å². The minimum Gasteiger partial charge on any atom is -0.497 e. The second kappa shape index (κ2) is 7.31. The highest BCUT2D eigenvalue weighted by molar-refractivity contribution is 5.92. The summed E-state index contributed by atoms with van der Waals surface area (Å²) < 4.78 is 5.50. The topological polar surface area (TPSA) is 78.9 Å². The summed E-state index contributed by atoms with van der Waals surface area (Å²) in [6.07, 6.45) is 4.61. The lowest BCUT2D eigenvalue weighted by atomic mass is 9.48. The maximum Gasteiger partial charge on any atom is 0.223 e. The number of nitrogens with zero attached hydrogens (tertiary/aromatic N) is 1. The van der Waals surface area contributed by atoms with Crippen molar-refractivity contribution >= 4 is 11.7 Å². The second-order valence-corrected chi connectivity index (χ2v) is 10.5. The van der Waals surface area contributed by atoms with Gasteiger partial charge in [0.2, 0.25) is 5.91 Å². The van der Waals surface area contributed by atoms with E-state index in [9.17, 15) is 14.7 Å². The number of methoxy groups -OCH3 is 1. The Balaban J connectivity index is 1.57. The molecular formula is C25H34N2O4. The van der Waals surface area contributed by atoms with Gasteiger partial charge in [-0.25, -0.2) is 0 Å². The predicted octanol–water partition coefficient (Wildman–Crippen LogP) is 2.21. The number of aliphatic hydroxyl groups is 1. The lowest BCUT2D eigenvalue weighted by molar-refractivity contribution is -0.178. The SMILES string of the molecule is COc1ccc2c(c1)C13CCN(CC4CC4)C(C2)C1(O)CC(NC(=O)C(C)C)C(=O)C3.